The number of aromatic amines is 1. The van der Waals surface area contributed by atoms with Gasteiger partial charge in [-0.1, -0.05) is 18.2 Å². The summed E-state index contributed by atoms with van der Waals surface area (Å²) in [5, 5.41) is 1.39. The van der Waals surface area contributed by atoms with Crippen LogP contribution in [0.2, 0.25) is 0 Å². The molecule has 1 aromatic carbocycles. The van der Waals surface area contributed by atoms with Gasteiger partial charge in [0.2, 0.25) is 0 Å². The molecule has 3 rings (SSSR count). The minimum absolute atomic E-state index is 0.622. The average Bonchev–Trinajstić information content (AvgIpc) is 2.76. The highest BCUT2D eigenvalue weighted by atomic mass is 14.7. The zero-order valence-electron chi connectivity index (χ0n) is 8.14. The van der Waals surface area contributed by atoms with Gasteiger partial charge in [0.25, 0.3) is 0 Å². The Kier molecular flexibility index (Phi) is 1.64. The molecule has 14 heavy (non-hydrogen) atoms. The van der Waals surface area contributed by atoms with Crippen LogP contribution in [-0.2, 0) is 19.4 Å². The number of hydrogen-bond donors (Lipinski definition) is 2. The second-order valence-corrected chi connectivity index (χ2v) is 3.98. The van der Waals surface area contributed by atoms with Crippen LogP contribution in [0.25, 0.3) is 10.9 Å². The Morgan fingerprint density at radius 1 is 1.29 bits per heavy atom. The van der Waals surface area contributed by atoms with Gasteiger partial charge in [-0.25, -0.2) is 0 Å². The summed E-state index contributed by atoms with van der Waals surface area (Å²) in [5.74, 6) is 0. The lowest BCUT2D eigenvalue weighted by Crippen LogP contribution is -1.97. The summed E-state index contributed by atoms with van der Waals surface area (Å²) in [7, 11) is 0. The number of rotatable bonds is 1. The van der Waals surface area contributed by atoms with Gasteiger partial charge in [0.05, 0.1) is 5.52 Å². The number of nitrogens with one attached hydrogen (secondary N) is 1. The number of fused-ring (bicyclic) bond motifs is 3. The second kappa shape index (κ2) is 2.85. The van der Waals surface area contributed by atoms with Gasteiger partial charge in [-0.2, -0.15) is 0 Å². The molecule has 2 nitrogen and oxygen atoms in total. The molecule has 0 saturated carbocycles. The van der Waals surface area contributed by atoms with E-state index in [0.29, 0.717) is 6.54 Å². The maximum Gasteiger partial charge on any atom is 0.0504 e. The van der Waals surface area contributed by atoms with Crippen LogP contribution in [0.5, 0.6) is 0 Å². The first kappa shape index (κ1) is 8.06. The molecule has 0 saturated heterocycles. The summed E-state index contributed by atoms with van der Waals surface area (Å²) in [6.45, 7) is 0.622. The van der Waals surface area contributed by atoms with E-state index in [1.54, 1.807) is 0 Å². The molecule has 0 atom stereocenters. The summed E-state index contributed by atoms with van der Waals surface area (Å²) >= 11 is 0. The summed E-state index contributed by atoms with van der Waals surface area (Å²) in [6, 6.07) is 6.42. The van der Waals surface area contributed by atoms with Crippen molar-refractivity contribution in [2.75, 3.05) is 0 Å². The molecule has 0 unspecified atom stereocenters. The fourth-order valence-electron chi connectivity index (χ4n) is 2.50. The van der Waals surface area contributed by atoms with Gasteiger partial charge in [-0.15, -0.1) is 0 Å². The van der Waals surface area contributed by atoms with Gasteiger partial charge >= 0.3 is 0 Å². The Balaban J connectivity index is 2.36. The zero-order chi connectivity index (χ0) is 9.54. The first-order valence-corrected chi connectivity index (χ1v) is 5.21. The maximum absolute atomic E-state index is 5.71. The van der Waals surface area contributed by atoms with Crippen molar-refractivity contribution in [1.29, 1.82) is 0 Å². The van der Waals surface area contributed by atoms with Gasteiger partial charge in [0.15, 0.2) is 0 Å². The van der Waals surface area contributed by atoms with E-state index in [4.69, 9.17) is 5.73 Å². The van der Waals surface area contributed by atoms with Crippen LogP contribution in [0.15, 0.2) is 18.2 Å². The van der Waals surface area contributed by atoms with E-state index >= 15 is 0 Å². The molecule has 1 aromatic heterocycles. The fourth-order valence-corrected chi connectivity index (χ4v) is 2.50. The Morgan fingerprint density at radius 2 is 2.21 bits per heavy atom. The Labute approximate surface area is 83.1 Å². The number of nitrogens with two attached hydrogens (primary N) is 1. The van der Waals surface area contributed by atoms with Crippen molar-refractivity contribution in [3.8, 4) is 0 Å². The summed E-state index contributed by atoms with van der Waals surface area (Å²) in [4.78, 5) is 3.52. The average molecular weight is 186 g/mol. The molecule has 0 amide bonds. The minimum Gasteiger partial charge on any atom is -0.358 e. The van der Waals surface area contributed by atoms with Crippen LogP contribution in [0.3, 0.4) is 0 Å². The highest BCUT2D eigenvalue weighted by Crippen LogP contribution is 2.31. The number of H-pyrrole nitrogens is 1. The van der Waals surface area contributed by atoms with Crippen molar-refractivity contribution in [3.05, 3.63) is 35.0 Å². The molecule has 2 aromatic rings. The van der Waals surface area contributed by atoms with Crippen molar-refractivity contribution >= 4 is 10.9 Å². The third-order valence-electron chi connectivity index (χ3n) is 3.19. The molecule has 0 fully saturated rings. The quantitative estimate of drug-likeness (QED) is 0.703. The third kappa shape index (κ3) is 0.946. The summed E-state index contributed by atoms with van der Waals surface area (Å²) in [6.07, 6.45) is 3.72. The van der Waals surface area contributed by atoms with Crippen LogP contribution in [0.4, 0.5) is 0 Å². The largest absolute Gasteiger partial charge is 0.358 e. The predicted octanol–water partition coefficient (Wildman–Crippen LogP) is 2.12. The third-order valence-corrected chi connectivity index (χ3v) is 3.19. The molecule has 1 heterocycles. The normalized spacial score (nSPS) is 14.9. The van der Waals surface area contributed by atoms with Gasteiger partial charge in [-0.05, 0) is 30.4 Å². The maximum atomic E-state index is 5.71. The number of hydrogen-bond acceptors (Lipinski definition) is 1. The van der Waals surface area contributed by atoms with E-state index in [1.807, 2.05) is 0 Å². The van der Waals surface area contributed by atoms with Crippen LogP contribution in [0.1, 0.15) is 23.2 Å². The van der Waals surface area contributed by atoms with Crippen molar-refractivity contribution in [3.63, 3.8) is 0 Å². The number of aromatic nitrogens is 1. The Morgan fingerprint density at radius 3 is 3.07 bits per heavy atom. The molecule has 3 N–H and O–H groups in total. The second-order valence-electron chi connectivity index (χ2n) is 3.98. The van der Waals surface area contributed by atoms with Crippen LogP contribution >= 0.6 is 0 Å². The van der Waals surface area contributed by atoms with Crippen LogP contribution < -0.4 is 5.73 Å². The van der Waals surface area contributed by atoms with Crippen molar-refractivity contribution in [2.24, 2.45) is 5.73 Å². The molecular weight excluding hydrogens is 172 g/mol. The lowest BCUT2D eigenvalue weighted by Gasteiger charge is -1.99. The smallest absolute Gasteiger partial charge is 0.0504 e. The molecular formula is C12H14N2. The standard InChI is InChI=1S/C12H14N2/c13-7-8-3-1-5-10-9-4-2-6-11(9)14-12(8)10/h1,3,5,14H,2,4,6-7,13H2. The topological polar surface area (TPSA) is 41.8 Å². The van der Waals surface area contributed by atoms with E-state index in [2.05, 4.69) is 23.2 Å². The molecule has 0 bridgehead atoms. The molecule has 72 valence electrons. The van der Waals surface area contributed by atoms with E-state index in [-0.39, 0.29) is 0 Å². The predicted molar refractivity (Wildman–Crippen MR) is 58.2 cm³/mol. The van der Waals surface area contributed by atoms with Gasteiger partial charge in [-0.3, -0.25) is 0 Å². The van der Waals surface area contributed by atoms with E-state index in [1.165, 1.54) is 47.0 Å². The summed E-state index contributed by atoms with van der Waals surface area (Å²) < 4.78 is 0. The first-order valence-electron chi connectivity index (χ1n) is 5.21. The zero-order valence-corrected chi connectivity index (χ0v) is 8.14. The van der Waals surface area contributed by atoms with Crippen molar-refractivity contribution in [2.45, 2.75) is 25.8 Å². The van der Waals surface area contributed by atoms with E-state index in [0.717, 1.165) is 0 Å². The van der Waals surface area contributed by atoms with Gasteiger partial charge in [0.1, 0.15) is 0 Å². The number of benzene rings is 1. The SMILES string of the molecule is NCc1cccc2c3c([nH]c12)CCC3. The molecule has 2 heteroatoms. The highest BCUT2D eigenvalue weighted by molar-refractivity contribution is 5.87. The van der Waals surface area contributed by atoms with Crippen molar-refractivity contribution in [1.82, 2.24) is 4.98 Å². The van der Waals surface area contributed by atoms with E-state index < -0.39 is 0 Å². The Bertz CT molecular complexity index is 482. The minimum atomic E-state index is 0.622. The molecule has 1 aliphatic carbocycles. The molecule has 0 spiro atoms. The lowest BCUT2D eigenvalue weighted by atomic mass is 10.1. The lowest BCUT2D eigenvalue weighted by molar-refractivity contribution is 0.898. The molecule has 0 aliphatic heterocycles. The fraction of sp³-hybridized carbons (Fsp3) is 0.333. The summed E-state index contributed by atoms with van der Waals surface area (Å²) in [5.41, 5.74) is 11.2. The van der Waals surface area contributed by atoms with Crippen molar-refractivity contribution < 1.29 is 0 Å². The van der Waals surface area contributed by atoms with Crippen LogP contribution in [-0.4, -0.2) is 4.98 Å². The number of aryl methyl sites for hydroxylation is 2. The molecule has 1 aliphatic rings. The van der Waals surface area contributed by atoms with Crippen LogP contribution in [0, 0.1) is 0 Å². The first-order chi connectivity index (χ1) is 6.90. The highest BCUT2D eigenvalue weighted by Gasteiger charge is 2.17. The van der Waals surface area contributed by atoms with Gasteiger partial charge in [0, 0.05) is 17.6 Å². The monoisotopic (exact) mass is 186 g/mol. The van der Waals surface area contributed by atoms with Gasteiger partial charge < -0.3 is 10.7 Å². The van der Waals surface area contributed by atoms with E-state index in [9.17, 15) is 0 Å². The molecule has 0 radical (unpaired) electrons. The number of para-hydroxylation sites is 1. The Hall–Kier alpha value is -1.28.